The van der Waals surface area contributed by atoms with Crippen LogP contribution in [0.3, 0.4) is 0 Å². The van der Waals surface area contributed by atoms with Crippen LogP contribution in [0.4, 0.5) is 0 Å². The van der Waals surface area contributed by atoms with Crippen LogP contribution in [0.1, 0.15) is 33.1 Å². The summed E-state index contributed by atoms with van der Waals surface area (Å²) in [5.41, 5.74) is 1.23. The minimum atomic E-state index is -0.0922. The molecule has 1 N–H and O–H groups in total. The molecule has 0 aromatic heterocycles. The van der Waals surface area contributed by atoms with Gasteiger partial charge in [-0.05, 0) is 38.0 Å². The molecule has 0 aliphatic heterocycles. The van der Waals surface area contributed by atoms with E-state index in [2.05, 4.69) is 20.4 Å². The summed E-state index contributed by atoms with van der Waals surface area (Å²) >= 11 is 0. The molecular weight excluding hydrogens is 136 g/mol. The Morgan fingerprint density at radius 3 is 2.55 bits per heavy atom. The molecule has 0 aromatic rings. The monoisotopic (exact) mass is 154 g/mol. The van der Waals surface area contributed by atoms with E-state index in [0.717, 1.165) is 12.8 Å². The zero-order chi connectivity index (χ0) is 8.43. The van der Waals surface area contributed by atoms with Gasteiger partial charge in [-0.1, -0.05) is 19.1 Å². The van der Waals surface area contributed by atoms with Crippen LogP contribution in [0.15, 0.2) is 12.2 Å². The molecule has 0 spiro atoms. The summed E-state index contributed by atoms with van der Waals surface area (Å²) < 4.78 is 0. The van der Waals surface area contributed by atoms with Crippen molar-refractivity contribution in [1.29, 1.82) is 0 Å². The Kier molecular flexibility index (Phi) is 2.72. The molecule has 0 amide bonds. The fourth-order valence-electron chi connectivity index (χ4n) is 1.75. The van der Waals surface area contributed by atoms with E-state index in [0.29, 0.717) is 11.8 Å². The van der Waals surface area contributed by atoms with Gasteiger partial charge in [0.05, 0.1) is 6.10 Å². The number of hydrogen-bond acceptors (Lipinski definition) is 1. The largest absolute Gasteiger partial charge is 0.393 e. The van der Waals surface area contributed by atoms with Crippen LogP contribution in [0, 0.1) is 11.8 Å². The molecule has 0 saturated heterocycles. The van der Waals surface area contributed by atoms with Gasteiger partial charge in [-0.25, -0.2) is 0 Å². The van der Waals surface area contributed by atoms with Crippen LogP contribution >= 0.6 is 0 Å². The van der Waals surface area contributed by atoms with E-state index in [9.17, 15) is 5.11 Å². The average Bonchev–Trinajstić information content (AvgIpc) is 1.94. The van der Waals surface area contributed by atoms with Crippen molar-refractivity contribution in [1.82, 2.24) is 0 Å². The molecule has 1 unspecified atom stereocenters. The summed E-state index contributed by atoms with van der Waals surface area (Å²) in [5, 5.41) is 9.56. The van der Waals surface area contributed by atoms with Gasteiger partial charge >= 0.3 is 0 Å². The topological polar surface area (TPSA) is 20.2 Å². The summed E-state index contributed by atoms with van der Waals surface area (Å²) in [6, 6.07) is 0. The van der Waals surface area contributed by atoms with Crippen molar-refractivity contribution in [2.24, 2.45) is 11.8 Å². The Morgan fingerprint density at radius 1 is 1.45 bits per heavy atom. The number of hydrogen-bond donors (Lipinski definition) is 1. The molecule has 1 rings (SSSR count). The zero-order valence-electron chi connectivity index (χ0n) is 7.51. The van der Waals surface area contributed by atoms with Gasteiger partial charge in [-0.3, -0.25) is 0 Å². The van der Waals surface area contributed by atoms with Gasteiger partial charge < -0.3 is 5.11 Å². The second-order valence-electron chi connectivity index (χ2n) is 3.90. The lowest BCUT2D eigenvalue weighted by Crippen LogP contribution is -2.27. The quantitative estimate of drug-likeness (QED) is 0.575. The first-order chi connectivity index (χ1) is 5.11. The molecule has 11 heavy (non-hydrogen) atoms. The van der Waals surface area contributed by atoms with E-state index in [-0.39, 0.29) is 6.10 Å². The van der Waals surface area contributed by atoms with Crippen molar-refractivity contribution in [3.63, 3.8) is 0 Å². The number of allylic oxidation sites excluding steroid dienone is 1. The van der Waals surface area contributed by atoms with Gasteiger partial charge in [-0.2, -0.15) is 0 Å². The van der Waals surface area contributed by atoms with Gasteiger partial charge in [0.1, 0.15) is 0 Å². The average molecular weight is 154 g/mol. The van der Waals surface area contributed by atoms with Crippen molar-refractivity contribution in [3.8, 4) is 0 Å². The highest BCUT2D eigenvalue weighted by Crippen LogP contribution is 2.32. The zero-order valence-corrected chi connectivity index (χ0v) is 7.51. The third kappa shape index (κ3) is 2.06. The van der Waals surface area contributed by atoms with Gasteiger partial charge in [0.15, 0.2) is 0 Å². The number of rotatable bonds is 1. The molecule has 1 saturated carbocycles. The number of aliphatic hydroxyl groups excluding tert-OH is 1. The molecule has 1 nitrogen and oxygen atoms in total. The lowest BCUT2D eigenvalue weighted by molar-refractivity contribution is 0.0614. The molecule has 1 heteroatoms. The van der Waals surface area contributed by atoms with E-state index in [1.807, 2.05) is 0 Å². The number of aliphatic hydroxyl groups is 1. The van der Waals surface area contributed by atoms with Crippen molar-refractivity contribution >= 4 is 0 Å². The standard InChI is InChI=1S/C10H18O/c1-7(2)9-5-4-8(3)10(11)6-9/h8-11H,1,4-6H2,2-3H3/t8-,9+,10?/m0/s1. The molecular formula is C10H18O. The fraction of sp³-hybridized carbons (Fsp3) is 0.800. The normalized spacial score (nSPS) is 38.6. The van der Waals surface area contributed by atoms with E-state index >= 15 is 0 Å². The van der Waals surface area contributed by atoms with Crippen LogP contribution in [0.5, 0.6) is 0 Å². The van der Waals surface area contributed by atoms with Gasteiger partial charge in [0, 0.05) is 0 Å². The molecule has 0 aromatic carbocycles. The Balaban J connectivity index is 2.46. The minimum Gasteiger partial charge on any atom is -0.393 e. The van der Waals surface area contributed by atoms with E-state index in [4.69, 9.17) is 0 Å². The van der Waals surface area contributed by atoms with Crippen LogP contribution < -0.4 is 0 Å². The summed E-state index contributed by atoms with van der Waals surface area (Å²) in [5.74, 6) is 1.06. The first kappa shape index (κ1) is 8.79. The predicted octanol–water partition coefficient (Wildman–Crippen LogP) is 2.36. The highest BCUT2D eigenvalue weighted by Gasteiger charge is 2.25. The lowest BCUT2D eigenvalue weighted by atomic mass is 9.78. The van der Waals surface area contributed by atoms with Crippen molar-refractivity contribution in [2.45, 2.75) is 39.2 Å². The summed E-state index contributed by atoms with van der Waals surface area (Å²) in [6.45, 7) is 8.11. The highest BCUT2D eigenvalue weighted by molar-refractivity contribution is 4.99. The maximum atomic E-state index is 9.56. The Bertz CT molecular complexity index is 151. The molecule has 0 radical (unpaired) electrons. The van der Waals surface area contributed by atoms with Crippen LogP contribution in [-0.4, -0.2) is 11.2 Å². The maximum Gasteiger partial charge on any atom is 0.0571 e. The second kappa shape index (κ2) is 3.40. The SMILES string of the molecule is C=C(C)[C@@H]1CC[C@H](C)C(O)C1. The van der Waals surface area contributed by atoms with Gasteiger partial charge in [0.25, 0.3) is 0 Å². The van der Waals surface area contributed by atoms with Crippen LogP contribution in [0.25, 0.3) is 0 Å². The summed E-state index contributed by atoms with van der Waals surface area (Å²) in [6.07, 6.45) is 3.20. The van der Waals surface area contributed by atoms with Gasteiger partial charge in [-0.15, -0.1) is 0 Å². The third-order valence-electron chi connectivity index (χ3n) is 2.85. The molecule has 0 bridgehead atoms. The van der Waals surface area contributed by atoms with E-state index in [1.165, 1.54) is 12.0 Å². The van der Waals surface area contributed by atoms with Crippen molar-refractivity contribution in [3.05, 3.63) is 12.2 Å². The Labute approximate surface area is 69.1 Å². The Morgan fingerprint density at radius 2 is 2.09 bits per heavy atom. The summed E-state index contributed by atoms with van der Waals surface area (Å²) in [7, 11) is 0. The molecule has 1 fully saturated rings. The maximum absolute atomic E-state index is 9.56. The first-order valence-electron chi connectivity index (χ1n) is 4.44. The van der Waals surface area contributed by atoms with E-state index in [1.54, 1.807) is 0 Å². The van der Waals surface area contributed by atoms with Crippen molar-refractivity contribution < 1.29 is 5.11 Å². The minimum absolute atomic E-state index is 0.0922. The lowest BCUT2D eigenvalue weighted by Gasteiger charge is -2.31. The predicted molar refractivity (Wildman–Crippen MR) is 47.3 cm³/mol. The van der Waals surface area contributed by atoms with Gasteiger partial charge in [0.2, 0.25) is 0 Å². The van der Waals surface area contributed by atoms with Crippen molar-refractivity contribution in [2.75, 3.05) is 0 Å². The smallest absolute Gasteiger partial charge is 0.0571 e. The molecule has 0 heterocycles. The molecule has 3 atom stereocenters. The van der Waals surface area contributed by atoms with Crippen LogP contribution in [-0.2, 0) is 0 Å². The fourth-order valence-corrected chi connectivity index (χ4v) is 1.75. The second-order valence-corrected chi connectivity index (χ2v) is 3.90. The highest BCUT2D eigenvalue weighted by atomic mass is 16.3. The molecule has 64 valence electrons. The van der Waals surface area contributed by atoms with Crippen LogP contribution in [0.2, 0.25) is 0 Å². The first-order valence-corrected chi connectivity index (χ1v) is 4.44. The summed E-state index contributed by atoms with van der Waals surface area (Å²) in [4.78, 5) is 0. The Hall–Kier alpha value is -0.300. The molecule has 1 aliphatic carbocycles. The van der Waals surface area contributed by atoms with E-state index < -0.39 is 0 Å². The third-order valence-corrected chi connectivity index (χ3v) is 2.85. The molecule has 1 aliphatic rings.